The molecule has 0 fully saturated rings. The molecule has 0 saturated heterocycles. The number of aliphatic carboxylic acids is 1. The number of carbonyl (C=O) groups excluding carboxylic acids is 3. The van der Waals surface area contributed by atoms with Crippen LogP contribution in [0.5, 0.6) is 0 Å². The molecule has 0 aliphatic carbocycles. The van der Waals surface area contributed by atoms with Gasteiger partial charge in [0.15, 0.2) is 0 Å². The number of fused-ring (bicyclic) bond motifs is 2. The predicted octanol–water partition coefficient (Wildman–Crippen LogP) is 2.05. The van der Waals surface area contributed by atoms with Gasteiger partial charge in [-0.25, -0.2) is 4.79 Å². The second-order valence-corrected chi connectivity index (χ2v) is 8.57. The van der Waals surface area contributed by atoms with Gasteiger partial charge in [0.05, 0.1) is 19.1 Å². The summed E-state index contributed by atoms with van der Waals surface area (Å²) in [5.74, 6) is -1.78. The minimum absolute atomic E-state index is 0.0494. The van der Waals surface area contributed by atoms with E-state index >= 15 is 0 Å². The topological polar surface area (TPSA) is 142 Å². The molecule has 0 spiro atoms. The second kappa shape index (κ2) is 10.1. The van der Waals surface area contributed by atoms with Gasteiger partial charge < -0.3 is 29.4 Å². The number of carboxylic acids is 1. The fraction of sp³-hybridized carbons (Fsp3) is 0.259. The van der Waals surface area contributed by atoms with Crippen LogP contribution in [0.1, 0.15) is 28.9 Å². The molecule has 0 unspecified atom stereocenters. The summed E-state index contributed by atoms with van der Waals surface area (Å²) < 4.78 is 11.8. The molecule has 0 radical (unpaired) electrons. The molecule has 0 saturated carbocycles. The summed E-state index contributed by atoms with van der Waals surface area (Å²) in [6, 6.07) is 11.8. The van der Waals surface area contributed by atoms with Crippen LogP contribution in [-0.4, -0.2) is 30.9 Å². The lowest BCUT2D eigenvalue weighted by atomic mass is 9.96. The summed E-state index contributed by atoms with van der Waals surface area (Å²) in [5.41, 5.74) is 4.36. The Balaban J connectivity index is 1.63. The highest BCUT2D eigenvalue weighted by atomic mass is 16.4. The molecule has 2 amide bonds. The van der Waals surface area contributed by atoms with Gasteiger partial charge in [-0.3, -0.25) is 9.59 Å². The number of carboxylic acid groups (broad SMARTS) is 1. The molecule has 2 aromatic heterocycles. The number of furan rings is 1. The molecule has 2 aromatic carbocycles. The average molecular weight is 490 g/mol. The Morgan fingerprint density at radius 2 is 1.53 bits per heavy atom. The van der Waals surface area contributed by atoms with Gasteiger partial charge in [-0.05, 0) is 44.4 Å². The normalized spacial score (nSPS) is 11.1. The molecule has 2 heterocycles. The van der Waals surface area contributed by atoms with Gasteiger partial charge in [0.25, 0.3) is 0 Å². The number of benzene rings is 2. The van der Waals surface area contributed by atoms with Crippen molar-refractivity contribution in [1.82, 2.24) is 10.6 Å². The van der Waals surface area contributed by atoms with Crippen LogP contribution in [0.25, 0.3) is 33.1 Å². The van der Waals surface area contributed by atoms with Crippen molar-refractivity contribution in [2.24, 2.45) is 0 Å². The Labute approximate surface area is 206 Å². The largest absolute Gasteiger partial charge is 0.548 e. The van der Waals surface area contributed by atoms with E-state index in [-0.39, 0.29) is 19.4 Å². The van der Waals surface area contributed by atoms with Crippen molar-refractivity contribution in [3.05, 3.63) is 69.3 Å². The van der Waals surface area contributed by atoms with Gasteiger partial charge >= 0.3 is 5.63 Å². The third-order valence-corrected chi connectivity index (χ3v) is 6.17. The molecule has 0 bridgehead atoms. The van der Waals surface area contributed by atoms with E-state index < -0.39 is 30.0 Å². The number of hydrogen-bond donors (Lipinski definition) is 2. The molecule has 0 atom stereocenters. The van der Waals surface area contributed by atoms with Gasteiger partial charge in [-0.1, -0.05) is 30.3 Å². The van der Waals surface area contributed by atoms with Gasteiger partial charge in [0, 0.05) is 33.9 Å². The maximum atomic E-state index is 12.8. The number of amides is 2. The smallest absolute Gasteiger partial charge is 0.339 e. The molecule has 9 heteroatoms. The average Bonchev–Trinajstić information content (AvgIpc) is 3.18. The molecule has 186 valence electrons. The van der Waals surface area contributed by atoms with Crippen LogP contribution >= 0.6 is 0 Å². The first-order valence-electron chi connectivity index (χ1n) is 11.4. The van der Waals surface area contributed by atoms with Crippen LogP contribution in [0.15, 0.2) is 50.0 Å². The van der Waals surface area contributed by atoms with Crippen molar-refractivity contribution >= 4 is 39.7 Å². The van der Waals surface area contributed by atoms with Crippen molar-refractivity contribution in [2.45, 2.75) is 33.6 Å². The molecule has 0 aliphatic rings. The highest BCUT2D eigenvalue weighted by molar-refractivity contribution is 6.05. The van der Waals surface area contributed by atoms with Crippen LogP contribution in [0.3, 0.4) is 0 Å². The number of hydrogen-bond acceptors (Lipinski definition) is 7. The molecule has 9 nitrogen and oxygen atoms in total. The van der Waals surface area contributed by atoms with E-state index in [1.54, 1.807) is 0 Å². The van der Waals surface area contributed by atoms with Gasteiger partial charge in [-0.15, -0.1) is 0 Å². The van der Waals surface area contributed by atoms with Crippen LogP contribution in [0, 0.1) is 20.8 Å². The highest BCUT2D eigenvalue weighted by Crippen LogP contribution is 2.39. The van der Waals surface area contributed by atoms with E-state index in [2.05, 4.69) is 10.6 Å². The lowest BCUT2D eigenvalue weighted by molar-refractivity contribution is -0.304. The minimum Gasteiger partial charge on any atom is -0.548 e. The number of rotatable bonds is 8. The Hall–Kier alpha value is -4.40. The maximum absolute atomic E-state index is 12.8. The SMILES string of the molecule is Cc1oc2c(C)c3oc(=O)c(CCC(=O)NCC(=O)NCC(=O)[O-])c(C)c3cc2c1-c1ccccc1. The van der Waals surface area contributed by atoms with E-state index in [1.165, 1.54) is 0 Å². The maximum Gasteiger partial charge on any atom is 0.339 e. The van der Waals surface area contributed by atoms with Gasteiger partial charge in [-0.2, -0.15) is 0 Å². The van der Waals surface area contributed by atoms with Gasteiger partial charge in [0.2, 0.25) is 11.8 Å². The Morgan fingerprint density at radius 3 is 2.22 bits per heavy atom. The number of carbonyl (C=O) groups is 3. The highest BCUT2D eigenvalue weighted by Gasteiger charge is 2.21. The second-order valence-electron chi connectivity index (χ2n) is 8.57. The third-order valence-electron chi connectivity index (χ3n) is 6.17. The standard InChI is InChI=1S/C27H26N2O7/c1-14-18(9-10-21(30)28-12-22(31)29-13-23(32)33)27(34)36-25-15(2)26-20(11-19(14)25)24(16(3)35-26)17-7-5-4-6-8-17/h4-8,11H,9-10,12-13H2,1-3H3,(H,28,30)(H,29,31)(H,32,33)/p-1. The zero-order chi connectivity index (χ0) is 26.0. The first-order chi connectivity index (χ1) is 17.2. The Morgan fingerprint density at radius 1 is 0.861 bits per heavy atom. The summed E-state index contributed by atoms with van der Waals surface area (Å²) in [6.45, 7) is 4.56. The van der Waals surface area contributed by atoms with E-state index in [0.717, 1.165) is 33.2 Å². The molecular formula is C27H25N2O7-. The summed E-state index contributed by atoms with van der Waals surface area (Å²) >= 11 is 0. The van der Waals surface area contributed by atoms with Gasteiger partial charge in [0.1, 0.15) is 16.9 Å². The van der Waals surface area contributed by atoms with Crippen molar-refractivity contribution in [3.63, 3.8) is 0 Å². The molecule has 4 aromatic rings. The number of nitrogens with one attached hydrogen (secondary N) is 2. The monoisotopic (exact) mass is 489 g/mol. The molecule has 36 heavy (non-hydrogen) atoms. The summed E-state index contributed by atoms with van der Waals surface area (Å²) in [5, 5.41) is 16.6. The summed E-state index contributed by atoms with van der Waals surface area (Å²) in [4.78, 5) is 47.0. The summed E-state index contributed by atoms with van der Waals surface area (Å²) in [6.07, 6.45) is 0.0653. The van der Waals surface area contributed by atoms with E-state index in [0.29, 0.717) is 22.3 Å². The third kappa shape index (κ3) is 4.86. The van der Waals surface area contributed by atoms with Crippen LogP contribution < -0.4 is 21.4 Å². The van der Waals surface area contributed by atoms with Crippen molar-refractivity contribution in [1.29, 1.82) is 0 Å². The Bertz CT molecular complexity index is 1550. The zero-order valence-corrected chi connectivity index (χ0v) is 20.2. The van der Waals surface area contributed by atoms with Crippen LogP contribution in [-0.2, 0) is 20.8 Å². The van der Waals surface area contributed by atoms with Crippen LogP contribution in [0.2, 0.25) is 0 Å². The first kappa shape index (κ1) is 24.7. The summed E-state index contributed by atoms with van der Waals surface area (Å²) in [7, 11) is 0. The van der Waals surface area contributed by atoms with E-state index in [4.69, 9.17) is 8.83 Å². The van der Waals surface area contributed by atoms with Crippen molar-refractivity contribution in [3.8, 4) is 11.1 Å². The molecule has 4 rings (SSSR count). The molecular weight excluding hydrogens is 464 g/mol. The lowest BCUT2D eigenvalue weighted by Gasteiger charge is -2.11. The minimum atomic E-state index is -1.43. The molecule has 2 N–H and O–H groups in total. The van der Waals surface area contributed by atoms with Crippen molar-refractivity contribution < 1.29 is 28.3 Å². The first-order valence-corrected chi connectivity index (χ1v) is 11.4. The molecule has 0 aliphatic heterocycles. The number of aryl methyl sites for hydroxylation is 3. The van der Waals surface area contributed by atoms with E-state index in [1.807, 2.05) is 57.2 Å². The van der Waals surface area contributed by atoms with E-state index in [9.17, 15) is 24.3 Å². The predicted molar refractivity (Wildman–Crippen MR) is 131 cm³/mol. The quantitative estimate of drug-likeness (QED) is 0.361. The lowest BCUT2D eigenvalue weighted by Crippen LogP contribution is -2.42. The fourth-order valence-corrected chi connectivity index (χ4v) is 4.37. The van der Waals surface area contributed by atoms with Crippen molar-refractivity contribution in [2.75, 3.05) is 13.1 Å². The zero-order valence-electron chi connectivity index (χ0n) is 20.2. The Kier molecular flexibility index (Phi) is 6.91. The van der Waals surface area contributed by atoms with Crippen LogP contribution in [0.4, 0.5) is 0 Å². The fourth-order valence-electron chi connectivity index (χ4n) is 4.37.